The molecule has 54 valence electrons. The predicted molar refractivity (Wildman–Crippen MR) is 47.2 cm³/mol. The Morgan fingerprint density at radius 1 is 1.67 bits per heavy atom. The molecule has 0 saturated carbocycles. The van der Waals surface area contributed by atoms with Gasteiger partial charge in [-0.15, -0.1) is 0 Å². The number of allylic oxidation sites excluding steroid dienone is 1. The van der Waals surface area contributed by atoms with Crippen molar-refractivity contribution in [2.24, 2.45) is 5.92 Å². The molecule has 0 bridgehead atoms. The fourth-order valence-electron chi connectivity index (χ4n) is 0.653. The van der Waals surface area contributed by atoms with E-state index in [2.05, 4.69) is 29.8 Å². The molecule has 0 aliphatic heterocycles. The van der Waals surface area contributed by atoms with E-state index in [1.807, 2.05) is 0 Å². The minimum atomic E-state index is 0.701. The number of halogens is 2. The first-order chi connectivity index (χ1) is 4.20. The highest BCUT2D eigenvalue weighted by atomic mass is 79.9. The SMILES string of the molecule is CC(C)C/C(=C/Cl)CBr. The lowest BCUT2D eigenvalue weighted by Crippen LogP contribution is -1.91. The number of hydrogen-bond acceptors (Lipinski definition) is 0. The van der Waals surface area contributed by atoms with Crippen LogP contribution in [-0.4, -0.2) is 5.33 Å². The molecule has 0 radical (unpaired) electrons. The molecule has 0 amide bonds. The van der Waals surface area contributed by atoms with Crippen LogP contribution in [-0.2, 0) is 0 Å². The van der Waals surface area contributed by atoms with Crippen molar-refractivity contribution in [1.82, 2.24) is 0 Å². The van der Waals surface area contributed by atoms with Gasteiger partial charge >= 0.3 is 0 Å². The van der Waals surface area contributed by atoms with Gasteiger partial charge in [0.05, 0.1) is 0 Å². The summed E-state index contributed by atoms with van der Waals surface area (Å²) >= 11 is 8.87. The Hall–Kier alpha value is 0.510. The van der Waals surface area contributed by atoms with Gasteiger partial charge in [0.2, 0.25) is 0 Å². The molecule has 0 nitrogen and oxygen atoms in total. The van der Waals surface area contributed by atoms with Crippen LogP contribution in [0.15, 0.2) is 11.1 Å². The third-order valence-electron chi connectivity index (χ3n) is 0.996. The predicted octanol–water partition coefficient (Wildman–Crippen LogP) is 3.55. The van der Waals surface area contributed by atoms with E-state index in [9.17, 15) is 0 Å². The largest absolute Gasteiger partial charge is 0.0930 e. The summed E-state index contributed by atoms with van der Waals surface area (Å²) in [7, 11) is 0. The van der Waals surface area contributed by atoms with Gasteiger partial charge in [0, 0.05) is 10.9 Å². The number of hydrogen-bond donors (Lipinski definition) is 0. The van der Waals surface area contributed by atoms with Crippen LogP contribution in [0.2, 0.25) is 0 Å². The van der Waals surface area contributed by atoms with E-state index >= 15 is 0 Å². The fourth-order valence-corrected chi connectivity index (χ4v) is 1.40. The summed E-state index contributed by atoms with van der Waals surface area (Å²) in [5, 5.41) is 0.898. The topological polar surface area (TPSA) is 0 Å². The highest BCUT2D eigenvalue weighted by molar-refractivity contribution is 9.09. The van der Waals surface area contributed by atoms with Crippen molar-refractivity contribution >= 4 is 27.5 Å². The molecule has 0 aromatic carbocycles. The maximum absolute atomic E-state index is 5.52. The van der Waals surface area contributed by atoms with Gasteiger partial charge in [0.25, 0.3) is 0 Å². The fraction of sp³-hybridized carbons (Fsp3) is 0.714. The number of rotatable bonds is 3. The molecule has 0 aromatic heterocycles. The van der Waals surface area contributed by atoms with Crippen LogP contribution in [0, 0.1) is 5.92 Å². The molecule has 0 rings (SSSR count). The molecular formula is C7H12BrCl. The first-order valence-corrected chi connectivity index (χ1v) is 4.60. The molecule has 9 heavy (non-hydrogen) atoms. The Morgan fingerprint density at radius 2 is 2.22 bits per heavy atom. The molecule has 2 heteroatoms. The van der Waals surface area contributed by atoms with Crippen LogP contribution in [0.5, 0.6) is 0 Å². The zero-order valence-electron chi connectivity index (χ0n) is 5.82. The first kappa shape index (κ1) is 9.51. The maximum Gasteiger partial charge on any atom is 0.0253 e. The van der Waals surface area contributed by atoms with Crippen molar-refractivity contribution in [1.29, 1.82) is 0 Å². The Labute approximate surface area is 70.4 Å². The average Bonchev–Trinajstić information content (AvgIpc) is 1.82. The van der Waals surface area contributed by atoms with Crippen molar-refractivity contribution in [3.63, 3.8) is 0 Å². The summed E-state index contributed by atoms with van der Waals surface area (Å²) < 4.78 is 0. The van der Waals surface area contributed by atoms with Gasteiger partial charge < -0.3 is 0 Å². The van der Waals surface area contributed by atoms with Gasteiger partial charge in [0.1, 0.15) is 0 Å². The molecule has 0 atom stereocenters. The minimum absolute atomic E-state index is 0.701. The van der Waals surface area contributed by atoms with E-state index < -0.39 is 0 Å². The maximum atomic E-state index is 5.52. The van der Waals surface area contributed by atoms with E-state index in [1.54, 1.807) is 5.54 Å². The van der Waals surface area contributed by atoms with Crippen molar-refractivity contribution < 1.29 is 0 Å². The van der Waals surface area contributed by atoms with Crippen LogP contribution in [0.3, 0.4) is 0 Å². The van der Waals surface area contributed by atoms with E-state index in [0.29, 0.717) is 5.92 Å². The second-order valence-electron chi connectivity index (χ2n) is 2.50. The van der Waals surface area contributed by atoms with Crippen LogP contribution in [0.25, 0.3) is 0 Å². The molecule has 0 heterocycles. The monoisotopic (exact) mass is 210 g/mol. The van der Waals surface area contributed by atoms with E-state index in [1.165, 1.54) is 5.57 Å². The Bertz CT molecular complexity index is 97.1. The first-order valence-electron chi connectivity index (χ1n) is 3.04. The molecule has 0 fully saturated rings. The lowest BCUT2D eigenvalue weighted by Gasteiger charge is -2.03. The zero-order valence-corrected chi connectivity index (χ0v) is 8.17. The molecule has 0 unspecified atom stereocenters. The van der Waals surface area contributed by atoms with Gasteiger partial charge in [-0.05, 0) is 17.9 Å². The molecule has 0 spiro atoms. The average molecular weight is 212 g/mol. The lowest BCUT2D eigenvalue weighted by atomic mass is 10.1. The summed E-state index contributed by atoms with van der Waals surface area (Å²) in [6.45, 7) is 4.37. The van der Waals surface area contributed by atoms with Gasteiger partial charge in [0.15, 0.2) is 0 Å². The second-order valence-corrected chi connectivity index (χ2v) is 3.28. The molecule has 0 aliphatic carbocycles. The standard InChI is InChI=1S/C7H12BrCl/c1-6(2)3-7(4-8)5-9/h5-6H,3-4H2,1-2H3/b7-5-. The summed E-state index contributed by atoms with van der Waals surface area (Å²) in [5.41, 5.74) is 2.93. The molecule has 0 saturated heterocycles. The summed E-state index contributed by atoms with van der Waals surface area (Å²) in [6.07, 6.45) is 1.09. The summed E-state index contributed by atoms with van der Waals surface area (Å²) in [4.78, 5) is 0. The smallest absolute Gasteiger partial charge is 0.0253 e. The van der Waals surface area contributed by atoms with E-state index in [4.69, 9.17) is 11.6 Å². The molecule has 0 N–H and O–H groups in total. The van der Waals surface area contributed by atoms with E-state index in [-0.39, 0.29) is 0 Å². The zero-order chi connectivity index (χ0) is 7.28. The van der Waals surface area contributed by atoms with Crippen molar-refractivity contribution in [2.75, 3.05) is 5.33 Å². The van der Waals surface area contributed by atoms with Crippen LogP contribution >= 0.6 is 27.5 Å². The minimum Gasteiger partial charge on any atom is -0.0930 e. The number of alkyl halides is 1. The van der Waals surface area contributed by atoms with Gasteiger partial charge in [-0.2, -0.15) is 0 Å². The Kier molecular flexibility index (Phi) is 5.61. The lowest BCUT2D eigenvalue weighted by molar-refractivity contribution is 0.645. The summed E-state index contributed by atoms with van der Waals surface area (Å²) in [6, 6.07) is 0. The highest BCUT2D eigenvalue weighted by Gasteiger charge is 1.97. The third kappa shape index (κ3) is 4.98. The van der Waals surface area contributed by atoms with Crippen molar-refractivity contribution in [2.45, 2.75) is 20.3 Å². The quantitative estimate of drug-likeness (QED) is 0.626. The summed E-state index contributed by atoms with van der Waals surface area (Å²) in [5.74, 6) is 0.701. The Morgan fingerprint density at radius 3 is 2.33 bits per heavy atom. The molecule has 0 aliphatic rings. The van der Waals surface area contributed by atoms with E-state index in [0.717, 1.165) is 11.8 Å². The molecule has 0 aromatic rings. The molecular weight excluding hydrogens is 199 g/mol. The van der Waals surface area contributed by atoms with Gasteiger partial charge in [-0.3, -0.25) is 0 Å². The van der Waals surface area contributed by atoms with Crippen LogP contribution in [0.4, 0.5) is 0 Å². The second kappa shape index (κ2) is 5.31. The normalized spacial score (nSPS) is 12.8. The third-order valence-corrected chi connectivity index (χ3v) is 2.03. The van der Waals surface area contributed by atoms with Crippen LogP contribution < -0.4 is 0 Å². The Balaban J connectivity index is 3.58. The highest BCUT2D eigenvalue weighted by Crippen LogP contribution is 2.13. The van der Waals surface area contributed by atoms with Gasteiger partial charge in [-0.25, -0.2) is 0 Å². The van der Waals surface area contributed by atoms with Crippen molar-refractivity contribution in [3.05, 3.63) is 11.1 Å². The van der Waals surface area contributed by atoms with Gasteiger partial charge in [-0.1, -0.05) is 41.4 Å². The van der Waals surface area contributed by atoms with Crippen LogP contribution in [0.1, 0.15) is 20.3 Å². The van der Waals surface area contributed by atoms with Crippen molar-refractivity contribution in [3.8, 4) is 0 Å².